The molecule has 0 N–H and O–H groups in total. The standard InChI is InChI=1S/C14H16Cl2N2/c1-9-11(15)7-12-10(14(9)16)8-18-6-4-2-3-5-13(18)17-12/h7H,2-6,8H2,1H3. The van der Waals surface area contributed by atoms with Crippen LogP contribution < -0.4 is 0 Å². The molecule has 2 heterocycles. The second kappa shape index (κ2) is 4.75. The van der Waals surface area contributed by atoms with Crippen LogP contribution in [0.25, 0.3) is 0 Å². The van der Waals surface area contributed by atoms with Gasteiger partial charge in [-0.05, 0) is 31.4 Å². The van der Waals surface area contributed by atoms with Gasteiger partial charge in [-0.2, -0.15) is 0 Å². The Morgan fingerprint density at radius 2 is 2.06 bits per heavy atom. The van der Waals surface area contributed by atoms with Gasteiger partial charge in [-0.1, -0.05) is 29.6 Å². The van der Waals surface area contributed by atoms with Crippen LogP contribution in [0.4, 0.5) is 5.69 Å². The zero-order valence-corrected chi connectivity index (χ0v) is 12.0. The van der Waals surface area contributed by atoms with E-state index in [1.54, 1.807) is 0 Å². The molecule has 0 radical (unpaired) electrons. The molecule has 2 aliphatic rings. The molecule has 1 aromatic rings. The quantitative estimate of drug-likeness (QED) is 0.672. The van der Waals surface area contributed by atoms with Gasteiger partial charge in [0, 0.05) is 30.1 Å². The number of hydrogen-bond donors (Lipinski definition) is 0. The van der Waals surface area contributed by atoms with Gasteiger partial charge in [-0.3, -0.25) is 0 Å². The van der Waals surface area contributed by atoms with Gasteiger partial charge in [0.1, 0.15) is 5.84 Å². The fourth-order valence-electron chi connectivity index (χ4n) is 2.69. The number of hydrogen-bond acceptors (Lipinski definition) is 2. The van der Waals surface area contributed by atoms with Crippen molar-refractivity contribution in [2.45, 2.75) is 39.2 Å². The van der Waals surface area contributed by atoms with Crippen LogP contribution in [0.5, 0.6) is 0 Å². The van der Waals surface area contributed by atoms with Crippen LogP contribution in [-0.4, -0.2) is 17.3 Å². The summed E-state index contributed by atoms with van der Waals surface area (Å²) in [6.45, 7) is 3.94. The third-order valence-corrected chi connectivity index (χ3v) is 4.72. The summed E-state index contributed by atoms with van der Waals surface area (Å²) in [5.74, 6) is 1.20. The third kappa shape index (κ3) is 2.02. The lowest BCUT2D eigenvalue weighted by Gasteiger charge is -2.30. The zero-order chi connectivity index (χ0) is 12.7. The van der Waals surface area contributed by atoms with E-state index in [1.165, 1.54) is 25.1 Å². The van der Waals surface area contributed by atoms with Crippen molar-refractivity contribution in [3.63, 3.8) is 0 Å². The summed E-state index contributed by atoms with van der Waals surface area (Å²) in [4.78, 5) is 7.13. The summed E-state index contributed by atoms with van der Waals surface area (Å²) in [7, 11) is 0. The van der Waals surface area contributed by atoms with Gasteiger partial charge in [0.05, 0.1) is 10.7 Å². The maximum absolute atomic E-state index is 6.41. The first-order valence-corrected chi connectivity index (χ1v) is 7.22. The van der Waals surface area contributed by atoms with Crippen molar-refractivity contribution >= 4 is 34.7 Å². The summed E-state index contributed by atoms with van der Waals surface area (Å²) in [5, 5.41) is 1.50. The van der Waals surface area contributed by atoms with Crippen LogP contribution in [0.3, 0.4) is 0 Å². The predicted molar refractivity (Wildman–Crippen MR) is 77.2 cm³/mol. The average molecular weight is 283 g/mol. The van der Waals surface area contributed by atoms with Crippen molar-refractivity contribution in [3.8, 4) is 0 Å². The van der Waals surface area contributed by atoms with Crippen LogP contribution in [0.1, 0.15) is 36.8 Å². The lowest BCUT2D eigenvalue weighted by atomic mass is 10.1. The van der Waals surface area contributed by atoms with Gasteiger partial charge in [-0.15, -0.1) is 0 Å². The first-order valence-electron chi connectivity index (χ1n) is 6.47. The smallest absolute Gasteiger partial charge is 0.105 e. The first kappa shape index (κ1) is 12.3. The molecule has 1 saturated heterocycles. The fourth-order valence-corrected chi connectivity index (χ4v) is 3.19. The van der Waals surface area contributed by atoms with Gasteiger partial charge < -0.3 is 4.90 Å². The van der Waals surface area contributed by atoms with E-state index in [-0.39, 0.29) is 0 Å². The average Bonchev–Trinajstić information content (AvgIpc) is 2.59. The van der Waals surface area contributed by atoms with Crippen molar-refractivity contribution in [3.05, 3.63) is 27.2 Å². The molecular formula is C14H16Cl2N2. The Labute approximate surface area is 118 Å². The Kier molecular flexibility index (Phi) is 3.25. The molecule has 18 heavy (non-hydrogen) atoms. The van der Waals surface area contributed by atoms with Crippen molar-refractivity contribution in [1.29, 1.82) is 0 Å². The molecule has 0 atom stereocenters. The summed E-state index contributed by atoms with van der Waals surface area (Å²) < 4.78 is 0. The Bertz CT molecular complexity index is 523. The Morgan fingerprint density at radius 1 is 1.22 bits per heavy atom. The molecule has 0 bridgehead atoms. The van der Waals surface area contributed by atoms with E-state index < -0.39 is 0 Å². The second-order valence-corrected chi connectivity index (χ2v) is 5.84. The minimum absolute atomic E-state index is 0.713. The molecule has 3 rings (SSSR count). The SMILES string of the molecule is Cc1c(Cl)cc2c(c1Cl)CN1CCCCCC1=N2. The summed E-state index contributed by atoms with van der Waals surface area (Å²) in [6.07, 6.45) is 4.85. The molecule has 0 aliphatic carbocycles. The number of aliphatic imine (C=N–C) groups is 1. The van der Waals surface area contributed by atoms with E-state index >= 15 is 0 Å². The maximum Gasteiger partial charge on any atom is 0.105 e. The van der Waals surface area contributed by atoms with Gasteiger partial charge in [0.2, 0.25) is 0 Å². The Balaban J connectivity index is 2.09. The molecule has 0 spiro atoms. The normalized spacial score (nSPS) is 18.8. The van der Waals surface area contributed by atoms with Gasteiger partial charge in [-0.25, -0.2) is 4.99 Å². The molecule has 1 fully saturated rings. The van der Waals surface area contributed by atoms with Crippen molar-refractivity contribution in [2.75, 3.05) is 6.54 Å². The highest BCUT2D eigenvalue weighted by Gasteiger charge is 2.24. The molecule has 0 saturated carbocycles. The highest BCUT2D eigenvalue weighted by molar-refractivity contribution is 6.37. The lowest BCUT2D eigenvalue weighted by molar-refractivity contribution is 0.403. The van der Waals surface area contributed by atoms with Crippen molar-refractivity contribution < 1.29 is 0 Å². The van der Waals surface area contributed by atoms with Crippen LogP contribution in [0.15, 0.2) is 11.1 Å². The van der Waals surface area contributed by atoms with Crippen LogP contribution in [-0.2, 0) is 6.54 Å². The molecular weight excluding hydrogens is 267 g/mol. The highest BCUT2D eigenvalue weighted by Crippen LogP contribution is 2.39. The van der Waals surface area contributed by atoms with E-state index in [1.807, 2.05) is 13.0 Å². The molecule has 0 amide bonds. The number of rotatable bonds is 0. The monoisotopic (exact) mass is 282 g/mol. The molecule has 4 heteroatoms. The first-order chi connectivity index (χ1) is 8.66. The number of halogens is 2. The topological polar surface area (TPSA) is 15.6 Å². The van der Waals surface area contributed by atoms with Gasteiger partial charge >= 0.3 is 0 Å². The van der Waals surface area contributed by atoms with E-state index in [0.29, 0.717) is 5.02 Å². The molecule has 0 unspecified atom stereocenters. The molecule has 96 valence electrons. The largest absolute Gasteiger partial charge is 0.356 e. The minimum Gasteiger partial charge on any atom is -0.356 e. The number of fused-ring (bicyclic) bond motifs is 2. The fraction of sp³-hybridized carbons (Fsp3) is 0.500. The van der Waals surface area contributed by atoms with Gasteiger partial charge in [0.15, 0.2) is 0 Å². The van der Waals surface area contributed by atoms with Crippen LogP contribution >= 0.6 is 23.2 Å². The Hall–Kier alpha value is -0.730. The van der Waals surface area contributed by atoms with Gasteiger partial charge in [0.25, 0.3) is 0 Å². The molecule has 2 aliphatic heterocycles. The molecule has 2 nitrogen and oxygen atoms in total. The number of amidine groups is 1. The van der Waals surface area contributed by atoms with Crippen molar-refractivity contribution in [2.24, 2.45) is 4.99 Å². The highest BCUT2D eigenvalue weighted by atomic mass is 35.5. The third-order valence-electron chi connectivity index (χ3n) is 3.82. The van der Waals surface area contributed by atoms with Crippen LogP contribution in [0.2, 0.25) is 10.0 Å². The summed E-state index contributed by atoms with van der Waals surface area (Å²) in [5.41, 5.74) is 3.05. The minimum atomic E-state index is 0.713. The van der Waals surface area contributed by atoms with E-state index in [2.05, 4.69) is 4.90 Å². The predicted octanol–water partition coefficient (Wildman–Crippen LogP) is 4.72. The van der Waals surface area contributed by atoms with Crippen molar-refractivity contribution in [1.82, 2.24) is 4.90 Å². The molecule has 0 aromatic heterocycles. The van der Waals surface area contributed by atoms with E-state index in [9.17, 15) is 0 Å². The Morgan fingerprint density at radius 3 is 2.89 bits per heavy atom. The van der Waals surface area contributed by atoms with Crippen LogP contribution in [0, 0.1) is 6.92 Å². The second-order valence-electron chi connectivity index (χ2n) is 5.06. The molecule has 1 aromatic carbocycles. The summed E-state index contributed by atoms with van der Waals surface area (Å²) >= 11 is 12.6. The lowest BCUT2D eigenvalue weighted by Crippen LogP contribution is -2.32. The van der Waals surface area contributed by atoms with E-state index in [0.717, 1.165) is 41.3 Å². The van der Waals surface area contributed by atoms with E-state index in [4.69, 9.17) is 28.2 Å². The number of benzene rings is 1. The zero-order valence-electron chi connectivity index (χ0n) is 10.5. The maximum atomic E-state index is 6.41. The number of nitrogens with zero attached hydrogens (tertiary/aromatic N) is 2. The summed E-state index contributed by atoms with van der Waals surface area (Å²) in [6, 6.07) is 1.95.